The van der Waals surface area contributed by atoms with Gasteiger partial charge >= 0.3 is 0 Å². The molecule has 31 heavy (non-hydrogen) atoms. The summed E-state index contributed by atoms with van der Waals surface area (Å²) in [7, 11) is 0. The summed E-state index contributed by atoms with van der Waals surface area (Å²) in [5, 5.41) is 6.38. The lowest BCUT2D eigenvalue weighted by Gasteiger charge is -2.22. The molecule has 1 saturated heterocycles. The highest BCUT2D eigenvalue weighted by atomic mass is 19.1. The maximum atomic E-state index is 13.1. The van der Waals surface area contributed by atoms with Gasteiger partial charge in [0, 0.05) is 19.6 Å². The van der Waals surface area contributed by atoms with Crippen molar-refractivity contribution in [2.45, 2.75) is 32.2 Å². The van der Waals surface area contributed by atoms with Gasteiger partial charge in [-0.1, -0.05) is 42.5 Å². The zero-order valence-corrected chi connectivity index (χ0v) is 17.6. The van der Waals surface area contributed by atoms with Crippen molar-refractivity contribution in [3.8, 4) is 0 Å². The largest absolute Gasteiger partial charge is 0.366 e. The van der Waals surface area contributed by atoms with Crippen LogP contribution in [0.4, 0.5) is 21.7 Å². The molecule has 2 N–H and O–H groups in total. The number of carbonyl (C=O) groups is 1. The highest BCUT2D eigenvalue weighted by molar-refractivity contribution is 5.98. The van der Waals surface area contributed by atoms with Crippen molar-refractivity contribution in [2.75, 3.05) is 28.6 Å². The van der Waals surface area contributed by atoms with Crippen molar-refractivity contribution in [3.05, 3.63) is 83.7 Å². The molecule has 0 radical (unpaired) electrons. The molecule has 2 aromatic carbocycles. The van der Waals surface area contributed by atoms with Crippen LogP contribution in [0.15, 0.2) is 66.7 Å². The first-order valence-corrected chi connectivity index (χ1v) is 10.7. The van der Waals surface area contributed by atoms with Crippen LogP contribution in [-0.4, -0.2) is 24.0 Å². The van der Waals surface area contributed by atoms with Crippen molar-refractivity contribution in [1.29, 1.82) is 0 Å². The van der Waals surface area contributed by atoms with Gasteiger partial charge in [-0.2, -0.15) is 0 Å². The van der Waals surface area contributed by atoms with Crippen molar-refractivity contribution < 1.29 is 9.18 Å². The Morgan fingerprint density at radius 3 is 2.45 bits per heavy atom. The molecule has 1 unspecified atom stereocenters. The topological polar surface area (TPSA) is 57.3 Å². The lowest BCUT2D eigenvalue weighted by atomic mass is 10.0. The number of nitrogens with one attached hydrogen (secondary N) is 2. The predicted octanol–water partition coefficient (Wildman–Crippen LogP) is 5.18. The first-order chi connectivity index (χ1) is 15.1. The summed E-state index contributed by atoms with van der Waals surface area (Å²) in [4.78, 5) is 19.9. The predicted molar refractivity (Wildman–Crippen MR) is 123 cm³/mol. The number of anilines is 3. The Bertz CT molecular complexity index is 1020. The van der Waals surface area contributed by atoms with E-state index in [4.69, 9.17) is 4.98 Å². The minimum absolute atomic E-state index is 0.0551. The fraction of sp³-hybridized carbons (Fsp3) is 0.280. The number of nitrogens with zero attached hydrogens (tertiary/aromatic N) is 2. The van der Waals surface area contributed by atoms with E-state index in [1.54, 1.807) is 12.1 Å². The monoisotopic (exact) mass is 418 g/mol. The average Bonchev–Trinajstić information content (AvgIpc) is 3.34. The molecule has 1 aliphatic heterocycles. The van der Waals surface area contributed by atoms with Crippen molar-refractivity contribution in [3.63, 3.8) is 0 Å². The Hall–Kier alpha value is -3.41. The molecule has 3 aromatic rings. The zero-order valence-electron chi connectivity index (χ0n) is 17.6. The van der Waals surface area contributed by atoms with E-state index in [1.165, 1.54) is 12.1 Å². The van der Waals surface area contributed by atoms with Crippen LogP contribution in [-0.2, 0) is 11.3 Å². The highest BCUT2D eigenvalue weighted by Gasteiger charge is 2.21. The van der Waals surface area contributed by atoms with Gasteiger partial charge in [-0.25, -0.2) is 9.37 Å². The maximum Gasteiger partial charge on any atom is 0.231 e. The van der Waals surface area contributed by atoms with E-state index in [1.807, 2.05) is 49.4 Å². The Balaban J connectivity index is 1.51. The van der Waals surface area contributed by atoms with Crippen molar-refractivity contribution in [1.82, 2.24) is 4.98 Å². The van der Waals surface area contributed by atoms with Crippen LogP contribution in [0, 0.1) is 5.82 Å². The third-order valence-corrected chi connectivity index (χ3v) is 5.62. The summed E-state index contributed by atoms with van der Waals surface area (Å²) < 4.78 is 13.1. The molecule has 6 heteroatoms. The lowest BCUT2D eigenvalue weighted by Crippen LogP contribution is -2.24. The van der Waals surface area contributed by atoms with Crippen LogP contribution in [0.1, 0.15) is 36.8 Å². The van der Waals surface area contributed by atoms with E-state index in [2.05, 4.69) is 15.5 Å². The van der Waals surface area contributed by atoms with Gasteiger partial charge in [0.25, 0.3) is 0 Å². The highest BCUT2D eigenvalue weighted by Crippen LogP contribution is 2.30. The quantitative estimate of drug-likeness (QED) is 0.555. The molecule has 160 valence electrons. The molecule has 2 heterocycles. The number of halogens is 1. The molecule has 1 amide bonds. The number of benzene rings is 2. The second-order valence-corrected chi connectivity index (χ2v) is 7.86. The average molecular weight is 419 g/mol. The second-order valence-electron chi connectivity index (χ2n) is 7.86. The SMILES string of the molecule is CC(C(=O)Nc1ccc(NCc2ccc(F)cc2)nc1N1CCCC1)c1ccccc1. The van der Waals surface area contributed by atoms with Gasteiger partial charge in [-0.3, -0.25) is 4.79 Å². The standard InChI is InChI=1S/C25H27FN4O/c1-18(20-7-3-2-4-8-20)25(31)28-22-13-14-23(29-24(22)30-15-5-6-16-30)27-17-19-9-11-21(26)12-10-19/h2-4,7-14,18H,5-6,15-17H2,1H3,(H,27,29)(H,28,31). The second kappa shape index (κ2) is 9.60. The Kier molecular flexibility index (Phi) is 6.46. The van der Waals surface area contributed by atoms with Gasteiger partial charge in [0.15, 0.2) is 5.82 Å². The maximum absolute atomic E-state index is 13.1. The van der Waals surface area contributed by atoms with Gasteiger partial charge in [0.1, 0.15) is 11.6 Å². The summed E-state index contributed by atoms with van der Waals surface area (Å²) >= 11 is 0. The molecular weight excluding hydrogens is 391 g/mol. The first-order valence-electron chi connectivity index (χ1n) is 10.7. The minimum Gasteiger partial charge on any atom is -0.366 e. The molecule has 1 aliphatic rings. The summed E-state index contributed by atoms with van der Waals surface area (Å²) in [6.07, 6.45) is 2.23. The van der Waals surface area contributed by atoms with Gasteiger partial charge in [-0.05, 0) is 55.2 Å². The number of amides is 1. The molecule has 1 atom stereocenters. The van der Waals surface area contributed by atoms with Crippen molar-refractivity contribution >= 4 is 23.2 Å². The molecular formula is C25H27FN4O. The molecule has 0 saturated carbocycles. The number of pyridine rings is 1. The normalized spacial score (nSPS) is 14.3. The minimum atomic E-state index is -0.260. The van der Waals surface area contributed by atoms with Gasteiger partial charge in [-0.15, -0.1) is 0 Å². The summed E-state index contributed by atoms with van der Waals surface area (Å²) in [5.74, 6) is 0.947. The molecule has 0 aliphatic carbocycles. The number of hydrogen-bond acceptors (Lipinski definition) is 4. The molecule has 0 spiro atoms. The van der Waals surface area contributed by atoms with Crippen LogP contribution in [0.5, 0.6) is 0 Å². The molecule has 0 bridgehead atoms. The van der Waals surface area contributed by atoms with E-state index in [9.17, 15) is 9.18 Å². The van der Waals surface area contributed by atoms with Crippen LogP contribution in [0.3, 0.4) is 0 Å². The number of hydrogen-bond donors (Lipinski definition) is 2. The van der Waals surface area contributed by atoms with E-state index in [0.29, 0.717) is 6.54 Å². The molecule has 1 fully saturated rings. The zero-order chi connectivity index (χ0) is 21.6. The summed E-state index contributed by atoms with van der Waals surface area (Å²) in [5.41, 5.74) is 2.68. The smallest absolute Gasteiger partial charge is 0.231 e. The van der Waals surface area contributed by atoms with E-state index in [-0.39, 0.29) is 17.6 Å². The van der Waals surface area contributed by atoms with E-state index >= 15 is 0 Å². The van der Waals surface area contributed by atoms with Crippen molar-refractivity contribution in [2.24, 2.45) is 0 Å². The van der Waals surface area contributed by atoms with Crippen LogP contribution < -0.4 is 15.5 Å². The Morgan fingerprint density at radius 1 is 1.03 bits per heavy atom. The third-order valence-electron chi connectivity index (χ3n) is 5.62. The Morgan fingerprint density at radius 2 is 1.74 bits per heavy atom. The Labute approximate surface area is 182 Å². The van der Waals surface area contributed by atoms with Crippen LogP contribution >= 0.6 is 0 Å². The molecule has 1 aromatic heterocycles. The number of carbonyl (C=O) groups excluding carboxylic acids is 1. The number of rotatable bonds is 7. The molecule has 5 nitrogen and oxygen atoms in total. The molecule has 4 rings (SSSR count). The van der Waals surface area contributed by atoms with Crippen LogP contribution in [0.25, 0.3) is 0 Å². The van der Waals surface area contributed by atoms with Gasteiger partial charge < -0.3 is 15.5 Å². The first kappa shape index (κ1) is 20.8. The fourth-order valence-corrected chi connectivity index (χ4v) is 3.74. The lowest BCUT2D eigenvalue weighted by molar-refractivity contribution is -0.117. The third kappa shape index (κ3) is 5.20. The summed E-state index contributed by atoms with van der Waals surface area (Å²) in [6.45, 7) is 4.30. The van der Waals surface area contributed by atoms with Gasteiger partial charge in [0.2, 0.25) is 5.91 Å². The van der Waals surface area contributed by atoms with Crippen LogP contribution in [0.2, 0.25) is 0 Å². The van der Waals surface area contributed by atoms with E-state index in [0.717, 1.165) is 54.4 Å². The number of aromatic nitrogens is 1. The fourth-order valence-electron chi connectivity index (χ4n) is 3.74. The van der Waals surface area contributed by atoms with Gasteiger partial charge in [0.05, 0.1) is 11.6 Å². The summed E-state index contributed by atoms with van der Waals surface area (Å²) in [6, 6.07) is 19.9. The van der Waals surface area contributed by atoms with E-state index < -0.39 is 0 Å².